The van der Waals surface area contributed by atoms with E-state index < -0.39 is 0 Å². The number of aromatic nitrogens is 2. The summed E-state index contributed by atoms with van der Waals surface area (Å²) in [7, 11) is 0. The van der Waals surface area contributed by atoms with E-state index in [2.05, 4.69) is 29.5 Å². The Hall–Kier alpha value is -0.870. The molecule has 2 aromatic heterocycles. The Morgan fingerprint density at radius 2 is 2.25 bits per heavy atom. The Bertz CT molecular complexity index is 451. The van der Waals surface area contributed by atoms with Gasteiger partial charge in [-0.3, -0.25) is 4.98 Å². The average Bonchev–Trinajstić information content (AvgIpc) is 2.74. The maximum Gasteiger partial charge on any atom is 0.142 e. The molecule has 0 saturated heterocycles. The first kappa shape index (κ1) is 11.6. The van der Waals surface area contributed by atoms with Crippen molar-refractivity contribution in [1.82, 2.24) is 9.97 Å². The average molecular weight is 250 g/mol. The molecule has 16 heavy (non-hydrogen) atoms. The van der Waals surface area contributed by atoms with Crippen molar-refractivity contribution in [1.29, 1.82) is 0 Å². The lowest BCUT2D eigenvalue weighted by Crippen LogP contribution is -1.88. The Labute approximate surface area is 105 Å². The van der Waals surface area contributed by atoms with Crippen molar-refractivity contribution in [2.45, 2.75) is 25.5 Å². The molecule has 0 aliphatic heterocycles. The molecule has 0 amide bonds. The van der Waals surface area contributed by atoms with Gasteiger partial charge in [-0.25, -0.2) is 4.98 Å². The summed E-state index contributed by atoms with van der Waals surface area (Å²) in [5.41, 5.74) is 2.14. The topological polar surface area (TPSA) is 25.8 Å². The van der Waals surface area contributed by atoms with Gasteiger partial charge in [-0.1, -0.05) is 19.4 Å². The SMILES string of the molecule is CCCc1nc(-c2ccccn2)sc1CS. The van der Waals surface area contributed by atoms with E-state index in [0.29, 0.717) is 0 Å². The van der Waals surface area contributed by atoms with Crippen LogP contribution in [0.25, 0.3) is 10.7 Å². The fourth-order valence-corrected chi connectivity index (χ4v) is 2.86. The molecular weight excluding hydrogens is 236 g/mol. The lowest BCUT2D eigenvalue weighted by atomic mass is 10.2. The number of thiol groups is 1. The molecule has 2 aromatic rings. The summed E-state index contributed by atoms with van der Waals surface area (Å²) in [6.07, 6.45) is 3.95. The van der Waals surface area contributed by atoms with E-state index in [0.717, 1.165) is 29.3 Å². The molecule has 0 atom stereocenters. The van der Waals surface area contributed by atoms with Gasteiger partial charge in [-0.15, -0.1) is 11.3 Å². The van der Waals surface area contributed by atoms with Crippen LogP contribution in [0.4, 0.5) is 0 Å². The minimum absolute atomic E-state index is 0.764. The number of pyridine rings is 1. The summed E-state index contributed by atoms with van der Waals surface area (Å²) >= 11 is 6.05. The first-order valence-electron chi connectivity index (χ1n) is 5.36. The number of rotatable bonds is 4. The van der Waals surface area contributed by atoms with Crippen LogP contribution < -0.4 is 0 Å². The van der Waals surface area contributed by atoms with Crippen molar-refractivity contribution in [3.8, 4) is 10.7 Å². The van der Waals surface area contributed by atoms with Gasteiger partial charge in [0.15, 0.2) is 0 Å². The summed E-state index contributed by atoms with van der Waals surface area (Å²) in [4.78, 5) is 10.2. The van der Waals surface area contributed by atoms with Crippen LogP contribution in [0.3, 0.4) is 0 Å². The van der Waals surface area contributed by atoms with Gasteiger partial charge in [0.1, 0.15) is 5.01 Å². The molecule has 84 valence electrons. The molecule has 0 aliphatic carbocycles. The van der Waals surface area contributed by atoms with E-state index in [1.165, 1.54) is 10.6 Å². The zero-order chi connectivity index (χ0) is 11.4. The van der Waals surface area contributed by atoms with Gasteiger partial charge in [-0.2, -0.15) is 12.6 Å². The van der Waals surface area contributed by atoms with Crippen molar-refractivity contribution in [3.05, 3.63) is 35.0 Å². The van der Waals surface area contributed by atoms with Crippen molar-refractivity contribution in [2.75, 3.05) is 0 Å². The van der Waals surface area contributed by atoms with Crippen molar-refractivity contribution in [2.24, 2.45) is 0 Å². The lowest BCUT2D eigenvalue weighted by Gasteiger charge is -1.94. The van der Waals surface area contributed by atoms with Gasteiger partial charge in [0, 0.05) is 16.8 Å². The predicted octanol–water partition coefficient (Wildman–Crippen LogP) is 3.59. The highest BCUT2D eigenvalue weighted by Gasteiger charge is 2.11. The molecule has 0 fully saturated rings. The molecule has 0 unspecified atom stereocenters. The molecule has 0 radical (unpaired) electrons. The Kier molecular flexibility index (Phi) is 3.96. The highest BCUT2D eigenvalue weighted by Crippen LogP contribution is 2.28. The Morgan fingerprint density at radius 1 is 1.38 bits per heavy atom. The molecular formula is C12H14N2S2. The van der Waals surface area contributed by atoms with Crippen LogP contribution in [0.5, 0.6) is 0 Å². The molecule has 0 N–H and O–H groups in total. The van der Waals surface area contributed by atoms with Crippen LogP contribution in [-0.2, 0) is 12.2 Å². The minimum Gasteiger partial charge on any atom is -0.254 e. The molecule has 0 aliphatic rings. The third-order valence-corrected chi connectivity index (χ3v) is 3.94. The quantitative estimate of drug-likeness (QED) is 0.839. The zero-order valence-corrected chi connectivity index (χ0v) is 10.9. The maximum absolute atomic E-state index is 4.65. The molecule has 2 heterocycles. The first-order chi connectivity index (χ1) is 7.85. The van der Waals surface area contributed by atoms with Crippen LogP contribution in [0.15, 0.2) is 24.4 Å². The molecule has 2 rings (SSSR count). The van der Waals surface area contributed by atoms with Crippen molar-refractivity contribution >= 4 is 24.0 Å². The van der Waals surface area contributed by atoms with Gasteiger partial charge in [-0.05, 0) is 18.6 Å². The molecule has 4 heteroatoms. The summed E-state index contributed by atoms with van der Waals surface area (Å²) in [6, 6.07) is 5.91. The Balaban J connectivity index is 2.36. The number of aryl methyl sites for hydroxylation is 1. The molecule has 0 spiro atoms. The minimum atomic E-state index is 0.764. The largest absolute Gasteiger partial charge is 0.254 e. The van der Waals surface area contributed by atoms with E-state index >= 15 is 0 Å². The van der Waals surface area contributed by atoms with E-state index in [1.54, 1.807) is 17.5 Å². The second kappa shape index (κ2) is 5.46. The molecule has 0 saturated carbocycles. The summed E-state index contributed by atoms with van der Waals surface area (Å²) in [5.74, 6) is 0.764. The monoisotopic (exact) mass is 250 g/mol. The van der Waals surface area contributed by atoms with Crippen LogP contribution in [0.1, 0.15) is 23.9 Å². The summed E-state index contributed by atoms with van der Waals surface area (Å²) in [6.45, 7) is 2.17. The van der Waals surface area contributed by atoms with Crippen LogP contribution in [0.2, 0.25) is 0 Å². The van der Waals surface area contributed by atoms with Gasteiger partial charge in [0.25, 0.3) is 0 Å². The van der Waals surface area contributed by atoms with Gasteiger partial charge >= 0.3 is 0 Å². The standard InChI is InChI=1S/C12H14N2S2/c1-2-5-9-11(8-15)16-12(14-9)10-6-3-4-7-13-10/h3-4,6-7,15H,2,5,8H2,1H3. The molecule has 0 aromatic carbocycles. The first-order valence-corrected chi connectivity index (χ1v) is 6.81. The van der Waals surface area contributed by atoms with Crippen LogP contribution >= 0.6 is 24.0 Å². The highest BCUT2D eigenvalue weighted by atomic mass is 32.1. The van der Waals surface area contributed by atoms with Crippen molar-refractivity contribution < 1.29 is 0 Å². The number of hydrogen-bond donors (Lipinski definition) is 1. The highest BCUT2D eigenvalue weighted by molar-refractivity contribution is 7.79. The van der Waals surface area contributed by atoms with E-state index in [4.69, 9.17) is 0 Å². The number of thiazole rings is 1. The molecule has 0 bridgehead atoms. The third-order valence-electron chi connectivity index (χ3n) is 2.29. The second-order valence-corrected chi connectivity index (χ2v) is 4.91. The maximum atomic E-state index is 4.65. The third kappa shape index (κ3) is 2.44. The second-order valence-electron chi connectivity index (χ2n) is 3.51. The zero-order valence-electron chi connectivity index (χ0n) is 9.18. The number of hydrogen-bond acceptors (Lipinski definition) is 4. The van der Waals surface area contributed by atoms with Crippen LogP contribution in [-0.4, -0.2) is 9.97 Å². The van der Waals surface area contributed by atoms with Gasteiger partial charge in [0.2, 0.25) is 0 Å². The van der Waals surface area contributed by atoms with Crippen LogP contribution in [0, 0.1) is 0 Å². The summed E-state index contributed by atoms with van der Waals surface area (Å²) in [5, 5.41) is 1.01. The van der Waals surface area contributed by atoms with E-state index in [-0.39, 0.29) is 0 Å². The van der Waals surface area contributed by atoms with Gasteiger partial charge < -0.3 is 0 Å². The van der Waals surface area contributed by atoms with Crippen molar-refractivity contribution in [3.63, 3.8) is 0 Å². The van der Waals surface area contributed by atoms with Gasteiger partial charge in [0.05, 0.1) is 11.4 Å². The predicted molar refractivity (Wildman–Crippen MR) is 72.0 cm³/mol. The lowest BCUT2D eigenvalue weighted by molar-refractivity contribution is 0.884. The fraction of sp³-hybridized carbons (Fsp3) is 0.333. The van der Waals surface area contributed by atoms with E-state index in [9.17, 15) is 0 Å². The fourth-order valence-electron chi connectivity index (χ4n) is 1.54. The van der Waals surface area contributed by atoms with E-state index in [1.807, 2.05) is 18.2 Å². The normalized spacial score (nSPS) is 10.6. The molecule has 2 nitrogen and oxygen atoms in total. The summed E-state index contributed by atoms with van der Waals surface area (Å²) < 4.78 is 0. The number of nitrogens with zero attached hydrogens (tertiary/aromatic N) is 2. The smallest absolute Gasteiger partial charge is 0.142 e. The Morgan fingerprint density at radius 3 is 2.88 bits per heavy atom.